The maximum absolute atomic E-state index is 12.5. The molecule has 1 fully saturated rings. The van der Waals surface area contributed by atoms with Crippen molar-refractivity contribution in [2.24, 2.45) is 0 Å². The number of anilines is 2. The van der Waals surface area contributed by atoms with Crippen LogP contribution in [-0.2, 0) is 24.2 Å². The molecule has 1 aliphatic rings. The van der Waals surface area contributed by atoms with Crippen molar-refractivity contribution in [2.45, 2.75) is 19.4 Å². The van der Waals surface area contributed by atoms with Gasteiger partial charge in [0.25, 0.3) is 0 Å². The van der Waals surface area contributed by atoms with Gasteiger partial charge in [0.05, 0.1) is 17.2 Å². The fourth-order valence-corrected chi connectivity index (χ4v) is 4.37. The number of nitrogens with zero attached hydrogens (tertiary/aromatic N) is 2. The van der Waals surface area contributed by atoms with Gasteiger partial charge in [0.2, 0.25) is 5.91 Å². The Hall–Kier alpha value is -2.42. The first-order valence-electron chi connectivity index (χ1n) is 7.30. The molecule has 2 rings (SSSR count). The highest BCUT2D eigenvalue weighted by Gasteiger charge is 2.37. The van der Waals surface area contributed by atoms with Gasteiger partial charge >= 0.3 is 11.8 Å². The summed E-state index contributed by atoms with van der Waals surface area (Å²) >= 11 is 0. The van der Waals surface area contributed by atoms with E-state index < -0.39 is 33.6 Å². The summed E-state index contributed by atoms with van der Waals surface area (Å²) in [6, 6.07) is 5.48. The molecular weight excluding hydrogens is 334 g/mol. The molecule has 1 saturated heterocycles. The van der Waals surface area contributed by atoms with Crippen LogP contribution in [0.3, 0.4) is 0 Å². The zero-order chi connectivity index (χ0) is 18.1. The number of carbonyl (C=O) groups excluding carboxylic acids is 3. The molecule has 0 radical (unpaired) electrons. The number of benzene rings is 1. The number of hydrogen-bond acceptors (Lipinski definition) is 6. The molecule has 3 amide bonds. The van der Waals surface area contributed by atoms with Gasteiger partial charge in [-0.2, -0.15) is 0 Å². The molecule has 130 valence electrons. The number of imide groups is 1. The lowest BCUT2D eigenvalue weighted by Crippen LogP contribution is -2.49. The van der Waals surface area contributed by atoms with Crippen molar-refractivity contribution in [1.82, 2.24) is 4.90 Å². The molecule has 0 bridgehead atoms. The molecule has 1 unspecified atom stereocenters. The average molecular weight is 353 g/mol. The van der Waals surface area contributed by atoms with Crippen LogP contribution in [0.4, 0.5) is 11.4 Å². The smallest absolute Gasteiger partial charge is 0.323 e. The standard InChI is InChI=1S/C15H19N3O5S/c1-10(19)18(12-5-3-4-11(16)8-12)15(21)14(20)17(2)13-6-7-24(22,23)9-13/h3-5,8,13H,6-7,9,16H2,1-2H3. The first kappa shape index (κ1) is 17.9. The van der Waals surface area contributed by atoms with Gasteiger partial charge in [0, 0.05) is 25.7 Å². The third kappa shape index (κ3) is 3.73. The number of amides is 3. The van der Waals surface area contributed by atoms with Crippen LogP contribution in [0, 0.1) is 0 Å². The maximum atomic E-state index is 12.5. The van der Waals surface area contributed by atoms with Crippen LogP contribution in [0.2, 0.25) is 0 Å². The van der Waals surface area contributed by atoms with Crippen LogP contribution in [0.15, 0.2) is 24.3 Å². The minimum atomic E-state index is -3.20. The van der Waals surface area contributed by atoms with E-state index in [0.29, 0.717) is 5.69 Å². The summed E-state index contributed by atoms with van der Waals surface area (Å²) in [5.74, 6) is -2.81. The zero-order valence-corrected chi connectivity index (χ0v) is 14.2. The molecular formula is C15H19N3O5S. The maximum Gasteiger partial charge on any atom is 0.323 e. The van der Waals surface area contributed by atoms with Gasteiger partial charge < -0.3 is 10.6 Å². The highest BCUT2D eigenvalue weighted by atomic mass is 32.2. The number of nitrogen functional groups attached to an aromatic ring is 1. The molecule has 1 atom stereocenters. The number of sulfone groups is 1. The van der Waals surface area contributed by atoms with E-state index in [0.717, 1.165) is 16.7 Å². The summed E-state index contributed by atoms with van der Waals surface area (Å²) in [4.78, 5) is 38.6. The zero-order valence-electron chi connectivity index (χ0n) is 13.4. The lowest BCUT2D eigenvalue weighted by atomic mass is 10.2. The topological polar surface area (TPSA) is 118 Å². The van der Waals surface area contributed by atoms with Gasteiger partial charge in [0.1, 0.15) is 0 Å². The molecule has 24 heavy (non-hydrogen) atoms. The van der Waals surface area contributed by atoms with Gasteiger partial charge in [-0.05, 0) is 24.6 Å². The average Bonchev–Trinajstić information content (AvgIpc) is 2.85. The van der Waals surface area contributed by atoms with Gasteiger partial charge in [-0.1, -0.05) is 6.07 Å². The number of carbonyl (C=O) groups is 3. The van der Waals surface area contributed by atoms with Gasteiger partial charge in [0.15, 0.2) is 9.84 Å². The molecule has 1 aromatic carbocycles. The summed E-state index contributed by atoms with van der Waals surface area (Å²) in [5, 5.41) is 0. The number of nitrogens with two attached hydrogens (primary N) is 1. The Labute approximate surface area is 140 Å². The second kappa shape index (κ2) is 6.60. The number of hydrogen-bond donors (Lipinski definition) is 1. The molecule has 8 nitrogen and oxygen atoms in total. The predicted molar refractivity (Wildman–Crippen MR) is 88.9 cm³/mol. The highest BCUT2D eigenvalue weighted by molar-refractivity contribution is 7.91. The Morgan fingerprint density at radius 1 is 1.21 bits per heavy atom. The Bertz CT molecular complexity index is 790. The van der Waals surface area contributed by atoms with E-state index in [1.807, 2.05) is 0 Å². The second-order valence-corrected chi connectivity index (χ2v) is 7.96. The molecule has 9 heteroatoms. The summed E-state index contributed by atoms with van der Waals surface area (Å²) in [5.41, 5.74) is 6.18. The van der Waals surface area contributed by atoms with E-state index in [1.54, 1.807) is 12.1 Å². The molecule has 1 aliphatic heterocycles. The van der Waals surface area contributed by atoms with E-state index in [-0.39, 0.29) is 23.6 Å². The van der Waals surface area contributed by atoms with E-state index >= 15 is 0 Å². The van der Waals surface area contributed by atoms with E-state index in [4.69, 9.17) is 5.73 Å². The predicted octanol–water partition coefficient (Wildman–Crippen LogP) is -0.206. The largest absolute Gasteiger partial charge is 0.399 e. The Kier molecular flexibility index (Phi) is 4.93. The van der Waals surface area contributed by atoms with Gasteiger partial charge in [-0.15, -0.1) is 0 Å². The van der Waals surface area contributed by atoms with Gasteiger partial charge in [-0.3, -0.25) is 14.4 Å². The summed E-state index contributed by atoms with van der Waals surface area (Å²) in [6.07, 6.45) is 0.274. The van der Waals surface area contributed by atoms with E-state index in [1.165, 1.54) is 19.2 Å². The first-order chi connectivity index (χ1) is 11.1. The molecule has 0 saturated carbocycles. The quantitative estimate of drug-likeness (QED) is 0.581. The minimum absolute atomic E-state index is 0.0187. The Morgan fingerprint density at radius 3 is 2.38 bits per heavy atom. The Balaban J connectivity index is 2.24. The summed E-state index contributed by atoms with van der Waals surface area (Å²) in [7, 11) is -1.83. The number of rotatable bonds is 2. The Morgan fingerprint density at radius 2 is 1.88 bits per heavy atom. The van der Waals surface area contributed by atoms with Crippen molar-refractivity contribution in [3.05, 3.63) is 24.3 Å². The summed E-state index contributed by atoms with van der Waals surface area (Å²) in [6.45, 7) is 1.16. The second-order valence-electron chi connectivity index (χ2n) is 5.73. The third-order valence-corrected chi connectivity index (χ3v) is 5.66. The third-order valence-electron chi connectivity index (χ3n) is 3.91. The van der Waals surface area contributed by atoms with Crippen LogP contribution < -0.4 is 10.6 Å². The van der Waals surface area contributed by atoms with Crippen molar-refractivity contribution in [3.8, 4) is 0 Å². The SMILES string of the molecule is CC(=O)N(C(=O)C(=O)N(C)C1CCS(=O)(=O)C1)c1cccc(N)c1. The van der Waals surface area contributed by atoms with Crippen molar-refractivity contribution in [3.63, 3.8) is 0 Å². The lowest BCUT2D eigenvalue weighted by molar-refractivity contribution is -0.145. The summed E-state index contributed by atoms with van der Waals surface area (Å²) < 4.78 is 23.1. The van der Waals surface area contributed by atoms with Crippen LogP contribution in [-0.4, -0.2) is 55.6 Å². The van der Waals surface area contributed by atoms with Crippen molar-refractivity contribution in [1.29, 1.82) is 0 Å². The number of likely N-dealkylation sites (N-methyl/N-ethyl adjacent to an activating group) is 1. The van der Waals surface area contributed by atoms with Crippen molar-refractivity contribution < 1.29 is 22.8 Å². The molecule has 2 N–H and O–H groups in total. The monoisotopic (exact) mass is 353 g/mol. The fraction of sp³-hybridized carbons (Fsp3) is 0.400. The highest BCUT2D eigenvalue weighted by Crippen LogP contribution is 2.20. The molecule has 0 spiro atoms. The van der Waals surface area contributed by atoms with Crippen molar-refractivity contribution in [2.75, 3.05) is 29.2 Å². The van der Waals surface area contributed by atoms with Crippen molar-refractivity contribution >= 4 is 38.9 Å². The van der Waals surface area contributed by atoms with Crippen LogP contribution in [0.5, 0.6) is 0 Å². The van der Waals surface area contributed by atoms with Crippen LogP contribution in [0.25, 0.3) is 0 Å². The minimum Gasteiger partial charge on any atom is -0.399 e. The normalized spacial score (nSPS) is 18.8. The lowest BCUT2D eigenvalue weighted by Gasteiger charge is -2.26. The van der Waals surface area contributed by atoms with E-state index in [2.05, 4.69) is 0 Å². The molecule has 0 aromatic heterocycles. The molecule has 1 aromatic rings. The molecule has 0 aliphatic carbocycles. The van der Waals surface area contributed by atoms with Crippen LogP contribution >= 0.6 is 0 Å². The fourth-order valence-electron chi connectivity index (χ4n) is 2.60. The van der Waals surface area contributed by atoms with Crippen LogP contribution in [0.1, 0.15) is 13.3 Å². The van der Waals surface area contributed by atoms with E-state index in [9.17, 15) is 22.8 Å². The van der Waals surface area contributed by atoms with Gasteiger partial charge in [-0.25, -0.2) is 13.3 Å². The molecule has 1 heterocycles. The first-order valence-corrected chi connectivity index (χ1v) is 9.12.